The Balaban J connectivity index is 2.49. The van der Waals surface area contributed by atoms with Crippen molar-refractivity contribution >= 4 is 0 Å². The lowest BCUT2D eigenvalue weighted by molar-refractivity contribution is 0.187. The van der Waals surface area contributed by atoms with Gasteiger partial charge < -0.3 is 10.1 Å². The summed E-state index contributed by atoms with van der Waals surface area (Å²) in [6.07, 6.45) is 1.99. The van der Waals surface area contributed by atoms with E-state index in [4.69, 9.17) is 4.74 Å². The minimum atomic E-state index is -0.251. The molecule has 0 aliphatic carbocycles. The fraction of sp³-hybridized carbons (Fsp3) is 0.600. The number of ether oxygens (including phenoxy) is 1. The highest BCUT2D eigenvalue weighted by Gasteiger charge is 2.12. The molecule has 0 aromatic heterocycles. The average molecular weight is 253 g/mol. The van der Waals surface area contributed by atoms with Gasteiger partial charge in [-0.2, -0.15) is 0 Å². The Morgan fingerprint density at radius 2 is 2.06 bits per heavy atom. The van der Waals surface area contributed by atoms with Gasteiger partial charge in [0.1, 0.15) is 0 Å². The first kappa shape index (κ1) is 15.0. The molecule has 0 bridgehead atoms. The predicted molar refractivity (Wildman–Crippen MR) is 73.6 cm³/mol. The number of hydrogen-bond acceptors (Lipinski definition) is 2. The molecule has 1 N–H and O–H groups in total. The third-order valence-corrected chi connectivity index (χ3v) is 2.91. The Hall–Kier alpha value is -1.09. The molecule has 102 valence electrons. The molecular formula is C15H24FNO. The van der Waals surface area contributed by atoms with Crippen molar-refractivity contribution in [1.82, 2.24) is 5.32 Å². The smallest absolute Gasteiger partial charge is 0.167 e. The van der Waals surface area contributed by atoms with Crippen LogP contribution in [0.15, 0.2) is 18.2 Å². The lowest BCUT2D eigenvalue weighted by atomic mass is 10.1. The Bertz CT molecular complexity index is 368. The highest BCUT2D eigenvalue weighted by Crippen LogP contribution is 2.21. The van der Waals surface area contributed by atoms with Crippen LogP contribution in [0.5, 0.6) is 5.75 Å². The van der Waals surface area contributed by atoms with Gasteiger partial charge in [-0.1, -0.05) is 19.1 Å². The molecular weight excluding hydrogens is 229 g/mol. The summed E-state index contributed by atoms with van der Waals surface area (Å²) in [6, 6.07) is 5.63. The summed E-state index contributed by atoms with van der Waals surface area (Å²) in [6.45, 7) is 9.00. The fourth-order valence-electron chi connectivity index (χ4n) is 1.95. The van der Waals surface area contributed by atoms with E-state index >= 15 is 0 Å². The van der Waals surface area contributed by atoms with Crippen molar-refractivity contribution < 1.29 is 9.13 Å². The second-order valence-corrected chi connectivity index (χ2v) is 4.91. The largest absolute Gasteiger partial charge is 0.488 e. The van der Waals surface area contributed by atoms with Crippen LogP contribution in [0.1, 0.15) is 39.2 Å². The minimum Gasteiger partial charge on any atom is -0.488 e. The quantitative estimate of drug-likeness (QED) is 0.800. The molecule has 0 radical (unpaired) electrons. The maximum Gasteiger partial charge on any atom is 0.167 e. The molecule has 2 nitrogen and oxygen atoms in total. The van der Waals surface area contributed by atoms with E-state index in [-0.39, 0.29) is 11.9 Å². The molecule has 18 heavy (non-hydrogen) atoms. The first-order chi connectivity index (χ1) is 8.54. The van der Waals surface area contributed by atoms with E-state index < -0.39 is 0 Å². The summed E-state index contributed by atoms with van der Waals surface area (Å²) in [4.78, 5) is 0. The van der Waals surface area contributed by atoms with Crippen LogP contribution in [0.4, 0.5) is 4.39 Å². The topological polar surface area (TPSA) is 21.3 Å². The Morgan fingerprint density at radius 1 is 1.33 bits per heavy atom. The van der Waals surface area contributed by atoms with Gasteiger partial charge in [-0.3, -0.25) is 0 Å². The fourth-order valence-corrected chi connectivity index (χ4v) is 1.95. The summed E-state index contributed by atoms with van der Waals surface area (Å²) < 4.78 is 19.4. The molecule has 2 atom stereocenters. The Labute approximate surface area is 110 Å². The molecule has 3 heteroatoms. The zero-order valence-corrected chi connectivity index (χ0v) is 11.8. The van der Waals surface area contributed by atoms with Gasteiger partial charge in [0, 0.05) is 6.04 Å². The lowest BCUT2D eigenvalue weighted by Crippen LogP contribution is -2.31. The number of rotatable bonds is 7. The molecule has 0 spiro atoms. The van der Waals surface area contributed by atoms with Gasteiger partial charge in [0.2, 0.25) is 0 Å². The molecule has 1 rings (SSSR count). The van der Waals surface area contributed by atoms with Crippen molar-refractivity contribution in [2.24, 2.45) is 0 Å². The third kappa shape index (κ3) is 4.65. The number of hydrogen-bond donors (Lipinski definition) is 1. The van der Waals surface area contributed by atoms with E-state index in [1.54, 1.807) is 19.1 Å². The highest BCUT2D eigenvalue weighted by molar-refractivity contribution is 5.30. The van der Waals surface area contributed by atoms with Gasteiger partial charge >= 0.3 is 0 Å². The van der Waals surface area contributed by atoms with Crippen molar-refractivity contribution in [1.29, 1.82) is 0 Å². The van der Waals surface area contributed by atoms with Crippen molar-refractivity contribution in [3.05, 3.63) is 29.6 Å². The number of aryl methyl sites for hydroxylation is 1. The van der Waals surface area contributed by atoms with Crippen LogP contribution in [0, 0.1) is 12.7 Å². The van der Waals surface area contributed by atoms with Gasteiger partial charge in [0.05, 0.1) is 6.10 Å². The molecule has 0 saturated heterocycles. The van der Waals surface area contributed by atoms with E-state index in [0.29, 0.717) is 17.4 Å². The van der Waals surface area contributed by atoms with Gasteiger partial charge in [0.15, 0.2) is 11.6 Å². The van der Waals surface area contributed by atoms with Gasteiger partial charge in [-0.25, -0.2) is 4.39 Å². The van der Waals surface area contributed by atoms with E-state index in [0.717, 1.165) is 19.4 Å². The number of benzene rings is 1. The minimum absolute atomic E-state index is 0.000608. The van der Waals surface area contributed by atoms with Crippen molar-refractivity contribution in [3.8, 4) is 5.75 Å². The molecule has 0 aliphatic rings. The summed E-state index contributed by atoms with van der Waals surface area (Å²) in [5.41, 5.74) is 0.622. The van der Waals surface area contributed by atoms with Gasteiger partial charge in [0.25, 0.3) is 0 Å². The molecule has 0 heterocycles. The molecule has 0 amide bonds. The molecule has 1 aromatic carbocycles. The summed E-state index contributed by atoms with van der Waals surface area (Å²) in [5.74, 6) is 0.101. The molecule has 0 fully saturated rings. The molecule has 1 aromatic rings. The lowest BCUT2D eigenvalue weighted by Gasteiger charge is -2.20. The van der Waals surface area contributed by atoms with Gasteiger partial charge in [-0.15, -0.1) is 0 Å². The normalized spacial score (nSPS) is 14.3. The van der Waals surface area contributed by atoms with E-state index in [2.05, 4.69) is 19.2 Å². The van der Waals surface area contributed by atoms with Crippen LogP contribution in [-0.4, -0.2) is 18.7 Å². The maximum atomic E-state index is 13.8. The first-order valence-corrected chi connectivity index (χ1v) is 6.69. The van der Waals surface area contributed by atoms with Crippen molar-refractivity contribution in [2.45, 2.75) is 52.7 Å². The van der Waals surface area contributed by atoms with E-state index in [9.17, 15) is 4.39 Å². The van der Waals surface area contributed by atoms with E-state index in [1.165, 1.54) is 0 Å². The second kappa shape index (κ2) is 7.37. The monoisotopic (exact) mass is 253 g/mol. The van der Waals surface area contributed by atoms with Crippen LogP contribution < -0.4 is 10.1 Å². The number of nitrogens with one attached hydrogen (secondary N) is 1. The number of halogens is 1. The van der Waals surface area contributed by atoms with Crippen molar-refractivity contribution in [2.75, 3.05) is 6.54 Å². The summed E-state index contributed by atoms with van der Waals surface area (Å²) >= 11 is 0. The maximum absolute atomic E-state index is 13.8. The first-order valence-electron chi connectivity index (χ1n) is 6.69. The Morgan fingerprint density at radius 3 is 2.72 bits per heavy atom. The van der Waals surface area contributed by atoms with Crippen LogP contribution in [0.3, 0.4) is 0 Å². The van der Waals surface area contributed by atoms with Crippen LogP contribution in [0.2, 0.25) is 0 Å². The zero-order chi connectivity index (χ0) is 13.5. The Kier molecular flexibility index (Phi) is 6.13. The predicted octanol–water partition coefficient (Wildman–Crippen LogP) is 3.68. The summed E-state index contributed by atoms with van der Waals surface area (Å²) in [5, 5.41) is 3.40. The second-order valence-electron chi connectivity index (χ2n) is 4.91. The van der Waals surface area contributed by atoms with Crippen molar-refractivity contribution in [3.63, 3.8) is 0 Å². The van der Waals surface area contributed by atoms with Gasteiger partial charge in [-0.05, 0) is 51.8 Å². The third-order valence-electron chi connectivity index (χ3n) is 2.91. The van der Waals surface area contributed by atoms with Crippen LogP contribution in [0.25, 0.3) is 0 Å². The summed E-state index contributed by atoms with van der Waals surface area (Å²) in [7, 11) is 0. The highest BCUT2D eigenvalue weighted by atomic mass is 19.1. The van der Waals surface area contributed by atoms with E-state index in [1.807, 2.05) is 13.0 Å². The molecule has 2 unspecified atom stereocenters. The van der Waals surface area contributed by atoms with Crippen LogP contribution in [-0.2, 0) is 0 Å². The SMILES string of the molecule is CCCNC(C)CC(C)Oc1cccc(C)c1F. The molecule has 0 saturated carbocycles. The standard InChI is InChI=1S/C15H24FNO/c1-5-9-17-12(3)10-13(4)18-14-8-6-7-11(2)15(14)16/h6-8,12-13,17H,5,9-10H2,1-4H3. The van der Waals surface area contributed by atoms with Crippen LogP contribution >= 0.6 is 0 Å². The molecule has 0 aliphatic heterocycles. The average Bonchev–Trinajstić information content (AvgIpc) is 2.32. The zero-order valence-electron chi connectivity index (χ0n) is 11.8.